The zero-order valence-corrected chi connectivity index (χ0v) is 11.0. The molecule has 19 heavy (non-hydrogen) atoms. The molecule has 5 heteroatoms. The van der Waals surface area contributed by atoms with Gasteiger partial charge in [-0.05, 0) is 42.8 Å². The van der Waals surface area contributed by atoms with Gasteiger partial charge < -0.3 is 10.5 Å². The van der Waals surface area contributed by atoms with Crippen LogP contribution in [0, 0.1) is 18.2 Å². The lowest BCUT2D eigenvalue weighted by atomic mass is 10.1. The Balaban J connectivity index is 2.43. The van der Waals surface area contributed by atoms with E-state index in [2.05, 4.69) is 0 Å². The second-order valence-corrected chi connectivity index (χ2v) is 4.50. The Labute approximate surface area is 115 Å². The summed E-state index contributed by atoms with van der Waals surface area (Å²) in [6.45, 7) is 1.90. The average molecular weight is 279 g/mol. The van der Waals surface area contributed by atoms with E-state index in [9.17, 15) is 4.39 Å². The van der Waals surface area contributed by atoms with E-state index in [1.165, 1.54) is 12.1 Å². The largest absolute Gasteiger partial charge is 0.455 e. The first-order valence-corrected chi connectivity index (χ1v) is 5.93. The highest BCUT2D eigenvalue weighted by Crippen LogP contribution is 2.32. The molecule has 0 aliphatic rings. The summed E-state index contributed by atoms with van der Waals surface area (Å²) in [5.74, 6) is -0.0108. The highest BCUT2D eigenvalue weighted by atomic mass is 35.5. The standard InChI is InChI=1S/C14H12ClFN2O/c1-8-2-4-11(15)13(6-8)19-12-5-3-9(16)7-10(12)14(17)18/h2-7H,1H3,(H3,17,18). The van der Waals surface area contributed by atoms with Crippen LogP contribution in [0.25, 0.3) is 0 Å². The second kappa shape index (κ2) is 5.28. The van der Waals surface area contributed by atoms with Crippen LogP contribution < -0.4 is 10.5 Å². The highest BCUT2D eigenvalue weighted by molar-refractivity contribution is 6.32. The number of rotatable bonds is 3. The Kier molecular flexibility index (Phi) is 3.71. The zero-order chi connectivity index (χ0) is 14.0. The third-order valence-electron chi connectivity index (χ3n) is 2.54. The van der Waals surface area contributed by atoms with Gasteiger partial charge in [0.05, 0.1) is 10.6 Å². The van der Waals surface area contributed by atoms with E-state index >= 15 is 0 Å². The van der Waals surface area contributed by atoms with E-state index in [1.54, 1.807) is 12.1 Å². The number of aryl methyl sites for hydroxylation is 1. The van der Waals surface area contributed by atoms with Gasteiger partial charge in [-0.15, -0.1) is 0 Å². The van der Waals surface area contributed by atoms with Crippen LogP contribution >= 0.6 is 11.6 Å². The first-order chi connectivity index (χ1) is 8.97. The molecular weight excluding hydrogens is 267 g/mol. The van der Waals surface area contributed by atoms with Crippen LogP contribution in [0.4, 0.5) is 4.39 Å². The van der Waals surface area contributed by atoms with Crippen molar-refractivity contribution in [2.24, 2.45) is 5.73 Å². The fourth-order valence-electron chi connectivity index (χ4n) is 1.61. The molecule has 2 aromatic rings. The van der Waals surface area contributed by atoms with Crippen LogP contribution in [0.2, 0.25) is 5.02 Å². The predicted molar refractivity (Wildman–Crippen MR) is 73.7 cm³/mol. The van der Waals surface area contributed by atoms with E-state index in [-0.39, 0.29) is 11.4 Å². The summed E-state index contributed by atoms with van der Waals surface area (Å²) in [6.07, 6.45) is 0. The molecule has 0 bridgehead atoms. The smallest absolute Gasteiger partial charge is 0.146 e. The van der Waals surface area contributed by atoms with Gasteiger partial charge in [-0.2, -0.15) is 0 Å². The summed E-state index contributed by atoms with van der Waals surface area (Å²) in [6, 6.07) is 9.14. The SMILES string of the molecule is Cc1ccc(Cl)c(Oc2ccc(F)cc2C(=N)N)c1. The fourth-order valence-corrected chi connectivity index (χ4v) is 1.77. The maximum Gasteiger partial charge on any atom is 0.146 e. The Hall–Kier alpha value is -2.07. The number of halogens is 2. The van der Waals surface area contributed by atoms with E-state index < -0.39 is 5.82 Å². The quantitative estimate of drug-likeness (QED) is 0.661. The molecule has 3 nitrogen and oxygen atoms in total. The van der Waals surface area contributed by atoms with E-state index in [0.717, 1.165) is 11.6 Å². The third kappa shape index (κ3) is 3.03. The van der Waals surface area contributed by atoms with Gasteiger partial charge in [0.15, 0.2) is 0 Å². The van der Waals surface area contributed by atoms with Crippen molar-refractivity contribution in [3.63, 3.8) is 0 Å². The van der Waals surface area contributed by atoms with Gasteiger partial charge in [0, 0.05) is 0 Å². The summed E-state index contributed by atoms with van der Waals surface area (Å²) in [4.78, 5) is 0. The van der Waals surface area contributed by atoms with Crippen LogP contribution in [0.5, 0.6) is 11.5 Å². The second-order valence-electron chi connectivity index (χ2n) is 4.09. The molecule has 0 aromatic heterocycles. The molecule has 0 saturated carbocycles. The lowest BCUT2D eigenvalue weighted by Crippen LogP contribution is -2.12. The minimum atomic E-state index is -0.479. The molecule has 0 aliphatic carbocycles. The van der Waals surface area contributed by atoms with Crippen molar-refractivity contribution in [2.75, 3.05) is 0 Å². The van der Waals surface area contributed by atoms with Crippen molar-refractivity contribution in [1.82, 2.24) is 0 Å². The predicted octanol–water partition coefficient (Wildman–Crippen LogP) is 3.86. The Morgan fingerprint density at radius 1 is 1.21 bits per heavy atom. The number of hydrogen-bond donors (Lipinski definition) is 2. The van der Waals surface area contributed by atoms with Gasteiger partial charge in [0.2, 0.25) is 0 Å². The van der Waals surface area contributed by atoms with Crippen molar-refractivity contribution in [1.29, 1.82) is 5.41 Å². The summed E-state index contributed by atoms with van der Waals surface area (Å²) in [7, 11) is 0. The van der Waals surface area contributed by atoms with Crippen LogP contribution in [-0.4, -0.2) is 5.84 Å². The maximum atomic E-state index is 13.2. The molecular formula is C14H12ClFN2O. The maximum absolute atomic E-state index is 13.2. The van der Waals surface area contributed by atoms with Gasteiger partial charge in [0.1, 0.15) is 23.2 Å². The van der Waals surface area contributed by atoms with Gasteiger partial charge in [-0.1, -0.05) is 17.7 Å². The molecule has 0 atom stereocenters. The molecule has 0 radical (unpaired) electrons. The molecule has 0 amide bonds. The monoisotopic (exact) mass is 278 g/mol. The summed E-state index contributed by atoms with van der Waals surface area (Å²) in [5.41, 5.74) is 6.58. The van der Waals surface area contributed by atoms with Gasteiger partial charge in [0.25, 0.3) is 0 Å². The first-order valence-electron chi connectivity index (χ1n) is 5.55. The molecule has 3 N–H and O–H groups in total. The van der Waals surface area contributed by atoms with Crippen LogP contribution in [0.15, 0.2) is 36.4 Å². The van der Waals surface area contributed by atoms with Crippen molar-refractivity contribution in [2.45, 2.75) is 6.92 Å². The molecule has 2 rings (SSSR count). The van der Waals surface area contributed by atoms with E-state index in [1.807, 2.05) is 13.0 Å². The fraction of sp³-hybridized carbons (Fsp3) is 0.0714. The van der Waals surface area contributed by atoms with Crippen molar-refractivity contribution in [3.8, 4) is 11.5 Å². The van der Waals surface area contributed by atoms with Crippen LogP contribution in [0.3, 0.4) is 0 Å². The van der Waals surface area contributed by atoms with Gasteiger partial charge >= 0.3 is 0 Å². The summed E-state index contributed by atoms with van der Waals surface area (Å²) < 4.78 is 18.8. The average Bonchev–Trinajstić information content (AvgIpc) is 2.35. The number of nitrogens with one attached hydrogen (secondary N) is 1. The van der Waals surface area contributed by atoms with Crippen molar-refractivity contribution >= 4 is 17.4 Å². The van der Waals surface area contributed by atoms with Crippen LogP contribution in [-0.2, 0) is 0 Å². The molecule has 0 saturated heterocycles. The third-order valence-corrected chi connectivity index (χ3v) is 2.85. The Morgan fingerprint density at radius 3 is 2.63 bits per heavy atom. The van der Waals surface area contributed by atoms with Crippen molar-refractivity contribution < 1.29 is 9.13 Å². The zero-order valence-electron chi connectivity index (χ0n) is 10.2. The van der Waals surface area contributed by atoms with Gasteiger partial charge in [-0.25, -0.2) is 4.39 Å². The number of ether oxygens (including phenoxy) is 1. The number of amidine groups is 1. The van der Waals surface area contributed by atoms with Crippen LogP contribution in [0.1, 0.15) is 11.1 Å². The molecule has 2 aromatic carbocycles. The molecule has 0 heterocycles. The molecule has 0 unspecified atom stereocenters. The highest BCUT2D eigenvalue weighted by Gasteiger charge is 2.11. The number of hydrogen-bond acceptors (Lipinski definition) is 2. The molecule has 0 spiro atoms. The Morgan fingerprint density at radius 2 is 1.95 bits per heavy atom. The van der Waals surface area contributed by atoms with Crippen molar-refractivity contribution in [3.05, 3.63) is 58.4 Å². The summed E-state index contributed by atoms with van der Waals surface area (Å²) >= 11 is 6.03. The van der Waals surface area contributed by atoms with Gasteiger partial charge in [-0.3, -0.25) is 5.41 Å². The topological polar surface area (TPSA) is 59.1 Å². The van der Waals surface area contributed by atoms with E-state index in [4.69, 9.17) is 27.5 Å². The first kappa shape index (κ1) is 13.4. The van der Waals surface area contributed by atoms with E-state index in [0.29, 0.717) is 16.5 Å². The molecule has 0 fully saturated rings. The minimum absolute atomic E-state index is 0.192. The number of nitrogen functional groups attached to an aromatic ring is 1. The molecule has 98 valence electrons. The number of benzene rings is 2. The lowest BCUT2D eigenvalue weighted by Gasteiger charge is -2.12. The molecule has 0 aliphatic heterocycles. The normalized spacial score (nSPS) is 10.3. The minimum Gasteiger partial charge on any atom is -0.455 e. The summed E-state index contributed by atoms with van der Waals surface area (Å²) in [5, 5.41) is 7.87. The number of nitrogens with two attached hydrogens (primary N) is 1. The Bertz CT molecular complexity index is 643. The lowest BCUT2D eigenvalue weighted by molar-refractivity contribution is 0.479.